The van der Waals surface area contributed by atoms with Gasteiger partial charge >= 0.3 is 0 Å². The highest BCUT2D eigenvalue weighted by molar-refractivity contribution is 6.20. The molecule has 0 N–H and O–H groups in total. The van der Waals surface area contributed by atoms with Gasteiger partial charge in [0.2, 0.25) is 0 Å². The van der Waals surface area contributed by atoms with Crippen molar-refractivity contribution in [3.05, 3.63) is 0 Å². The van der Waals surface area contributed by atoms with Gasteiger partial charge in [-0.25, -0.2) is 0 Å². The molecule has 0 spiro atoms. The second kappa shape index (κ2) is 6.97. The molecule has 0 radical (unpaired) electrons. The number of halogens is 1. The maximum atomic E-state index is 6.11. The van der Waals surface area contributed by atoms with Crippen LogP contribution in [0.15, 0.2) is 0 Å². The maximum Gasteiger partial charge on any atom is 0.0338 e. The summed E-state index contributed by atoms with van der Waals surface area (Å²) in [4.78, 5) is 0. The quantitative estimate of drug-likeness (QED) is 0.420. The number of unbranched alkanes of at least 4 members (excludes halogenated alkanes) is 2. The lowest BCUT2D eigenvalue weighted by Gasteiger charge is -2.10. The molecule has 0 saturated heterocycles. The summed E-state index contributed by atoms with van der Waals surface area (Å²) in [5, 5.41) is 0.418. The first-order valence-corrected chi connectivity index (χ1v) is 5.24. The highest BCUT2D eigenvalue weighted by atomic mass is 35.5. The van der Waals surface area contributed by atoms with E-state index in [0.29, 0.717) is 5.38 Å². The lowest BCUT2D eigenvalue weighted by Crippen LogP contribution is -2.02. The molecule has 0 saturated carbocycles. The van der Waals surface area contributed by atoms with Crippen LogP contribution in [0.25, 0.3) is 0 Å². The lowest BCUT2D eigenvalue weighted by molar-refractivity contribution is 0.525. The molecular formula is C10H21Cl. The molecule has 0 heterocycles. The molecular weight excluding hydrogens is 156 g/mol. The van der Waals surface area contributed by atoms with Crippen LogP contribution in [0.2, 0.25) is 0 Å². The van der Waals surface area contributed by atoms with Crippen LogP contribution < -0.4 is 0 Å². The first kappa shape index (κ1) is 11.3. The van der Waals surface area contributed by atoms with Crippen LogP contribution in [0, 0.1) is 5.92 Å². The Labute approximate surface area is 76.3 Å². The van der Waals surface area contributed by atoms with E-state index in [1.165, 1.54) is 32.1 Å². The zero-order chi connectivity index (χ0) is 8.69. The summed E-state index contributed by atoms with van der Waals surface area (Å²) in [6.45, 7) is 6.69. The van der Waals surface area contributed by atoms with Crippen molar-refractivity contribution in [2.45, 2.75) is 58.3 Å². The summed E-state index contributed by atoms with van der Waals surface area (Å²) >= 11 is 6.11. The van der Waals surface area contributed by atoms with Crippen molar-refractivity contribution in [1.82, 2.24) is 0 Å². The minimum absolute atomic E-state index is 0.418. The minimum atomic E-state index is 0.418. The largest absolute Gasteiger partial charge is 0.123 e. The first-order valence-electron chi connectivity index (χ1n) is 4.80. The molecule has 0 fully saturated rings. The third kappa shape index (κ3) is 8.19. The van der Waals surface area contributed by atoms with Gasteiger partial charge in [-0.2, -0.15) is 0 Å². The van der Waals surface area contributed by atoms with Crippen molar-refractivity contribution >= 4 is 11.6 Å². The molecule has 0 aromatic rings. The molecule has 1 heteroatoms. The predicted octanol–water partition coefficient (Wildman–Crippen LogP) is 4.22. The fourth-order valence-corrected chi connectivity index (χ4v) is 1.76. The zero-order valence-corrected chi connectivity index (χ0v) is 8.82. The van der Waals surface area contributed by atoms with E-state index in [0.717, 1.165) is 5.92 Å². The van der Waals surface area contributed by atoms with Crippen LogP contribution in [-0.4, -0.2) is 5.38 Å². The molecule has 0 aromatic heterocycles. The van der Waals surface area contributed by atoms with E-state index in [1.54, 1.807) is 0 Å². The van der Waals surface area contributed by atoms with E-state index in [4.69, 9.17) is 11.6 Å². The summed E-state index contributed by atoms with van der Waals surface area (Å²) in [5.74, 6) is 0.749. The molecule has 1 unspecified atom stereocenters. The Morgan fingerprint density at radius 1 is 1.18 bits per heavy atom. The Morgan fingerprint density at radius 3 is 2.27 bits per heavy atom. The summed E-state index contributed by atoms with van der Waals surface area (Å²) in [6, 6.07) is 0. The molecule has 0 aromatic carbocycles. The average Bonchev–Trinajstić information content (AvgIpc) is 1.86. The third-order valence-electron chi connectivity index (χ3n) is 1.85. The predicted molar refractivity (Wildman–Crippen MR) is 53.2 cm³/mol. The van der Waals surface area contributed by atoms with Crippen molar-refractivity contribution < 1.29 is 0 Å². The van der Waals surface area contributed by atoms with Gasteiger partial charge in [0.15, 0.2) is 0 Å². The summed E-state index contributed by atoms with van der Waals surface area (Å²) in [7, 11) is 0. The SMILES string of the molecule is CCCCCC(Cl)CC(C)C. The maximum absolute atomic E-state index is 6.11. The first-order chi connectivity index (χ1) is 5.16. The van der Waals surface area contributed by atoms with Crippen LogP contribution in [0.4, 0.5) is 0 Å². The van der Waals surface area contributed by atoms with E-state index in [1.807, 2.05) is 0 Å². The van der Waals surface area contributed by atoms with Crippen molar-refractivity contribution in [1.29, 1.82) is 0 Å². The van der Waals surface area contributed by atoms with E-state index in [2.05, 4.69) is 20.8 Å². The molecule has 11 heavy (non-hydrogen) atoms. The van der Waals surface area contributed by atoms with E-state index in [9.17, 15) is 0 Å². The lowest BCUT2D eigenvalue weighted by atomic mass is 10.0. The molecule has 0 bridgehead atoms. The normalized spacial score (nSPS) is 13.9. The molecule has 0 aliphatic rings. The average molecular weight is 177 g/mol. The summed E-state index contributed by atoms with van der Waals surface area (Å²) in [5.41, 5.74) is 0. The smallest absolute Gasteiger partial charge is 0.0338 e. The molecule has 0 amide bonds. The van der Waals surface area contributed by atoms with E-state index < -0.39 is 0 Å². The highest BCUT2D eigenvalue weighted by Gasteiger charge is 2.05. The Bertz CT molecular complexity index is 78.9. The van der Waals surface area contributed by atoms with E-state index >= 15 is 0 Å². The fraction of sp³-hybridized carbons (Fsp3) is 1.00. The molecule has 0 rings (SSSR count). The second-order valence-corrected chi connectivity index (χ2v) is 4.34. The van der Waals surface area contributed by atoms with Gasteiger partial charge in [-0.3, -0.25) is 0 Å². The summed E-state index contributed by atoms with van der Waals surface area (Å²) in [6.07, 6.45) is 6.31. The number of alkyl halides is 1. The minimum Gasteiger partial charge on any atom is -0.123 e. The van der Waals surface area contributed by atoms with Crippen LogP contribution in [0.1, 0.15) is 52.9 Å². The molecule has 0 aliphatic heterocycles. The molecule has 0 nitrogen and oxygen atoms in total. The highest BCUT2D eigenvalue weighted by Crippen LogP contribution is 2.16. The fourth-order valence-electron chi connectivity index (χ4n) is 1.25. The molecule has 1 atom stereocenters. The number of hydrogen-bond acceptors (Lipinski definition) is 0. The second-order valence-electron chi connectivity index (χ2n) is 3.72. The standard InChI is InChI=1S/C10H21Cl/c1-4-5-6-7-10(11)8-9(2)3/h9-10H,4-8H2,1-3H3. The van der Waals surface area contributed by atoms with Gasteiger partial charge in [0.05, 0.1) is 0 Å². The Hall–Kier alpha value is 0.290. The number of rotatable bonds is 6. The summed E-state index contributed by atoms with van der Waals surface area (Å²) < 4.78 is 0. The van der Waals surface area contributed by atoms with Crippen molar-refractivity contribution in [2.24, 2.45) is 5.92 Å². The monoisotopic (exact) mass is 176 g/mol. The van der Waals surface area contributed by atoms with Gasteiger partial charge in [-0.05, 0) is 18.8 Å². The molecule has 68 valence electrons. The van der Waals surface area contributed by atoms with Crippen molar-refractivity contribution in [2.75, 3.05) is 0 Å². The van der Waals surface area contributed by atoms with Crippen LogP contribution in [0.3, 0.4) is 0 Å². The molecule has 0 aliphatic carbocycles. The Morgan fingerprint density at radius 2 is 1.82 bits per heavy atom. The van der Waals surface area contributed by atoms with Gasteiger partial charge in [0, 0.05) is 5.38 Å². The van der Waals surface area contributed by atoms with Crippen LogP contribution in [0.5, 0.6) is 0 Å². The van der Waals surface area contributed by atoms with Crippen molar-refractivity contribution in [3.8, 4) is 0 Å². The Kier molecular flexibility index (Phi) is 7.15. The third-order valence-corrected chi connectivity index (χ3v) is 2.24. The van der Waals surface area contributed by atoms with Gasteiger partial charge in [-0.15, -0.1) is 11.6 Å². The zero-order valence-electron chi connectivity index (χ0n) is 8.07. The van der Waals surface area contributed by atoms with Crippen molar-refractivity contribution in [3.63, 3.8) is 0 Å². The van der Waals surface area contributed by atoms with Crippen LogP contribution in [-0.2, 0) is 0 Å². The van der Waals surface area contributed by atoms with Gasteiger partial charge in [-0.1, -0.05) is 40.0 Å². The number of hydrogen-bond donors (Lipinski definition) is 0. The van der Waals surface area contributed by atoms with Gasteiger partial charge in [0.25, 0.3) is 0 Å². The Balaban J connectivity index is 3.15. The van der Waals surface area contributed by atoms with Crippen LogP contribution >= 0.6 is 11.6 Å². The van der Waals surface area contributed by atoms with Gasteiger partial charge in [0.1, 0.15) is 0 Å². The van der Waals surface area contributed by atoms with E-state index in [-0.39, 0.29) is 0 Å². The van der Waals surface area contributed by atoms with Gasteiger partial charge < -0.3 is 0 Å². The topological polar surface area (TPSA) is 0 Å².